The molecule has 0 saturated heterocycles. The standard InChI is InChI=1S/C21H18N2O3/c1-25-16-10-8-15(9-11-16)14-22-21(24)20-19(23-12-4-5-13-23)17-6-2-3-7-18(17)26-20/h2-13H,14H2,1H3,(H,22,24). The predicted octanol–water partition coefficient (Wildman–Crippen LogP) is 4.16. The van der Waals surface area contributed by atoms with Crippen molar-refractivity contribution >= 4 is 16.9 Å². The van der Waals surface area contributed by atoms with Crippen LogP contribution in [0.15, 0.2) is 77.5 Å². The summed E-state index contributed by atoms with van der Waals surface area (Å²) in [6, 6.07) is 19.1. The van der Waals surface area contributed by atoms with Gasteiger partial charge in [-0.15, -0.1) is 0 Å². The molecule has 2 heterocycles. The topological polar surface area (TPSA) is 56.4 Å². The lowest BCUT2D eigenvalue weighted by Crippen LogP contribution is -2.23. The first kappa shape index (κ1) is 16.0. The number of amides is 1. The Morgan fingerprint density at radius 3 is 2.50 bits per heavy atom. The summed E-state index contributed by atoms with van der Waals surface area (Å²) in [5, 5.41) is 3.83. The number of rotatable bonds is 5. The lowest BCUT2D eigenvalue weighted by Gasteiger charge is -2.07. The fourth-order valence-corrected chi connectivity index (χ4v) is 2.93. The van der Waals surface area contributed by atoms with Gasteiger partial charge in [-0.2, -0.15) is 0 Å². The van der Waals surface area contributed by atoms with Gasteiger partial charge in [0.05, 0.1) is 7.11 Å². The number of carbonyl (C=O) groups is 1. The van der Waals surface area contributed by atoms with Crippen LogP contribution in [-0.2, 0) is 6.54 Å². The van der Waals surface area contributed by atoms with E-state index in [9.17, 15) is 4.79 Å². The first-order valence-corrected chi connectivity index (χ1v) is 8.32. The number of fused-ring (bicyclic) bond motifs is 1. The van der Waals surface area contributed by atoms with E-state index >= 15 is 0 Å². The van der Waals surface area contributed by atoms with Crippen LogP contribution in [0.1, 0.15) is 16.1 Å². The van der Waals surface area contributed by atoms with E-state index in [2.05, 4.69) is 5.32 Å². The van der Waals surface area contributed by atoms with E-state index in [1.165, 1.54) is 0 Å². The van der Waals surface area contributed by atoms with Crippen molar-refractivity contribution in [1.29, 1.82) is 0 Å². The van der Waals surface area contributed by atoms with E-state index in [-0.39, 0.29) is 5.91 Å². The molecule has 0 spiro atoms. The van der Waals surface area contributed by atoms with E-state index in [4.69, 9.17) is 9.15 Å². The molecule has 5 heteroatoms. The maximum Gasteiger partial charge on any atom is 0.289 e. The second-order valence-electron chi connectivity index (χ2n) is 5.90. The second-order valence-corrected chi connectivity index (χ2v) is 5.90. The molecule has 0 saturated carbocycles. The summed E-state index contributed by atoms with van der Waals surface area (Å²) in [5.74, 6) is 0.837. The van der Waals surface area contributed by atoms with Crippen molar-refractivity contribution in [3.05, 3.63) is 84.4 Å². The van der Waals surface area contributed by atoms with Crippen molar-refractivity contribution in [2.75, 3.05) is 7.11 Å². The zero-order chi connectivity index (χ0) is 17.9. The molecule has 0 bridgehead atoms. The van der Waals surface area contributed by atoms with Crippen LogP contribution in [0.4, 0.5) is 0 Å². The highest BCUT2D eigenvalue weighted by molar-refractivity contribution is 6.03. The number of para-hydroxylation sites is 1. The summed E-state index contributed by atoms with van der Waals surface area (Å²) < 4.78 is 12.9. The van der Waals surface area contributed by atoms with Gasteiger partial charge in [0.2, 0.25) is 5.76 Å². The molecule has 2 aromatic heterocycles. The fraction of sp³-hybridized carbons (Fsp3) is 0.0952. The Balaban J connectivity index is 1.63. The van der Waals surface area contributed by atoms with Crippen molar-refractivity contribution in [3.8, 4) is 11.4 Å². The molecule has 1 N–H and O–H groups in total. The number of benzene rings is 2. The maximum atomic E-state index is 12.8. The third kappa shape index (κ3) is 2.95. The molecule has 0 fully saturated rings. The van der Waals surface area contributed by atoms with Crippen LogP contribution in [0.25, 0.3) is 16.7 Å². The molecule has 26 heavy (non-hydrogen) atoms. The van der Waals surface area contributed by atoms with Crippen LogP contribution >= 0.6 is 0 Å². The predicted molar refractivity (Wildman–Crippen MR) is 99.7 cm³/mol. The van der Waals surface area contributed by atoms with Crippen LogP contribution in [-0.4, -0.2) is 17.6 Å². The van der Waals surface area contributed by atoms with E-state index < -0.39 is 0 Å². The smallest absolute Gasteiger partial charge is 0.289 e. The highest BCUT2D eigenvalue weighted by Crippen LogP contribution is 2.29. The van der Waals surface area contributed by atoms with Crippen molar-refractivity contribution in [3.63, 3.8) is 0 Å². The third-order valence-electron chi connectivity index (χ3n) is 4.25. The van der Waals surface area contributed by atoms with E-state index in [1.807, 2.05) is 77.6 Å². The Kier molecular flexibility index (Phi) is 4.19. The van der Waals surface area contributed by atoms with Crippen LogP contribution < -0.4 is 10.1 Å². The minimum Gasteiger partial charge on any atom is -0.497 e. The molecule has 130 valence electrons. The van der Waals surface area contributed by atoms with Crippen LogP contribution in [0.3, 0.4) is 0 Å². The normalized spacial score (nSPS) is 10.8. The van der Waals surface area contributed by atoms with Crippen LogP contribution in [0.2, 0.25) is 0 Å². The zero-order valence-electron chi connectivity index (χ0n) is 14.3. The van der Waals surface area contributed by atoms with Crippen LogP contribution in [0, 0.1) is 0 Å². The lowest BCUT2D eigenvalue weighted by molar-refractivity contribution is 0.0925. The Morgan fingerprint density at radius 1 is 1.04 bits per heavy atom. The molecule has 0 radical (unpaired) electrons. The average Bonchev–Trinajstić information content (AvgIpc) is 3.33. The number of aromatic nitrogens is 1. The molecule has 0 unspecified atom stereocenters. The highest BCUT2D eigenvalue weighted by atomic mass is 16.5. The van der Waals surface area contributed by atoms with Gasteiger partial charge in [0.15, 0.2) is 0 Å². The molecule has 5 nitrogen and oxygen atoms in total. The van der Waals surface area contributed by atoms with Gasteiger partial charge in [-0.3, -0.25) is 4.79 Å². The highest BCUT2D eigenvalue weighted by Gasteiger charge is 2.21. The van der Waals surface area contributed by atoms with Gasteiger partial charge in [0.1, 0.15) is 17.0 Å². The van der Waals surface area contributed by atoms with Crippen molar-refractivity contribution < 1.29 is 13.9 Å². The minimum atomic E-state index is -0.249. The Hall–Kier alpha value is -3.47. The zero-order valence-corrected chi connectivity index (χ0v) is 14.3. The molecule has 1 amide bonds. The molecule has 0 aliphatic heterocycles. The van der Waals surface area contributed by atoms with Gasteiger partial charge >= 0.3 is 0 Å². The van der Waals surface area contributed by atoms with Gasteiger partial charge in [0.25, 0.3) is 5.91 Å². The van der Waals surface area contributed by atoms with Crippen molar-refractivity contribution in [2.45, 2.75) is 6.54 Å². The Morgan fingerprint density at radius 2 is 1.77 bits per heavy atom. The number of furan rings is 1. The number of hydrogen-bond donors (Lipinski definition) is 1. The number of ether oxygens (including phenoxy) is 1. The number of carbonyl (C=O) groups excluding carboxylic acids is 1. The average molecular weight is 346 g/mol. The number of nitrogens with zero attached hydrogens (tertiary/aromatic N) is 1. The van der Waals surface area contributed by atoms with E-state index in [0.29, 0.717) is 17.9 Å². The Bertz CT molecular complexity index is 1030. The minimum absolute atomic E-state index is 0.249. The molecule has 0 aliphatic rings. The molecule has 0 aliphatic carbocycles. The van der Waals surface area contributed by atoms with Gasteiger partial charge in [-0.1, -0.05) is 24.3 Å². The number of methoxy groups -OCH3 is 1. The third-order valence-corrected chi connectivity index (χ3v) is 4.25. The monoisotopic (exact) mass is 346 g/mol. The number of nitrogens with one attached hydrogen (secondary N) is 1. The molecular formula is C21H18N2O3. The fourth-order valence-electron chi connectivity index (χ4n) is 2.93. The molecule has 4 aromatic rings. The van der Waals surface area contributed by atoms with Gasteiger partial charge in [-0.25, -0.2) is 0 Å². The first-order chi connectivity index (χ1) is 12.8. The second kappa shape index (κ2) is 6.80. The molecule has 4 rings (SSSR count). The largest absolute Gasteiger partial charge is 0.497 e. The quantitative estimate of drug-likeness (QED) is 0.590. The molecular weight excluding hydrogens is 328 g/mol. The Labute approximate surface area is 150 Å². The first-order valence-electron chi connectivity index (χ1n) is 8.32. The van der Waals surface area contributed by atoms with Gasteiger partial charge < -0.3 is 19.0 Å². The van der Waals surface area contributed by atoms with Crippen LogP contribution in [0.5, 0.6) is 5.75 Å². The summed E-state index contributed by atoms with van der Waals surface area (Å²) in [5.41, 5.74) is 2.42. The number of hydrogen-bond acceptors (Lipinski definition) is 3. The lowest BCUT2D eigenvalue weighted by atomic mass is 10.2. The summed E-state index contributed by atoms with van der Waals surface area (Å²) in [7, 11) is 1.63. The maximum absolute atomic E-state index is 12.8. The summed E-state index contributed by atoms with van der Waals surface area (Å²) in [4.78, 5) is 12.8. The van der Waals surface area contributed by atoms with E-state index in [1.54, 1.807) is 7.11 Å². The summed E-state index contributed by atoms with van der Waals surface area (Å²) >= 11 is 0. The summed E-state index contributed by atoms with van der Waals surface area (Å²) in [6.45, 7) is 0.408. The van der Waals surface area contributed by atoms with Crippen molar-refractivity contribution in [1.82, 2.24) is 9.88 Å². The SMILES string of the molecule is COc1ccc(CNC(=O)c2oc3ccccc3c2-n2cccc2)cc1. The van der Waals surface area contributed by atoms with Gasteiger partial charge in [0, 0.05) is 24.3 Å². The van der Waals surface area contributed by atoms with Gasteiger partial charge in [-0.05, 0) is 42.0 Å². The molecule has 0 atom stereocenters. The summed E-state index contributed by atoms with van der Waals surface area (Å²) in [6.07, 6.45) is 3.80. The van der Waals surface area contributed by atoms with E-state index in [0.717, 1.165) is 22.4 Å². The molecule has 2 aromatic carbocycles. The van der Waals surface area contributed by atoms with Crippen molar-refractivity contribution in [2.24, 2.45) is 0 Å².